The highest BCUT2D eigenvalue weighted by molar-refractivity contribution is 5.69. The Morgan fingerprint density at radius 1 is 0.714 bits per heavy atom. The van der Waals surface area contributed by atoms with Gasteiger partial charge in [-0.15, -0.1) is 0 Å². The molecule has 2 rings (SSSR count). The SMILES string of the molecule is [c]1ccc(/C=C\c2ccccc2)cc1. The van der Waals surface area contributed by atoms with Gasteiger partial charge in [-0.05, 0) is 17.2 Å². The van der Waals surface area contributed by atoms with E-state index in [2.05, 4.69) is 30.4 Å². The predicted molar refractivity (Wildman–Crippen MR) is 60.6 cm³/mol. The summed E-state index contributed by atoms with van der Waals surface area (Å²) in [5.41, 5.74) is 2.42. The lowest BCUT2D eigenvalue weighted by molar-refractivity contribution is 1.64. The summed E-state index contributed by atoms with van der Waals surface area (Å²) in [5.74, 6) is 0. The Hall–Kier alpha value is -1.82. The zero-order valence-corrected chi connectivity index (χ0v) is 7.85. The third-order valence-electron chi connectivity index (χ3n) is 2.01. The van der Waals surface area contributed by atoms with Crippen molar-refractivity contribution < 1.29 is 0 Å². The van der Waals surface area contributed by atoms with Gasteiger partial charge in [-0.3, -0.25) is 0 Å². The number of hydrogen-bond donors (Lipinski definition) is 0. The van der Waals surface area contributed by atoms with Gasteiger partial charge in [0.2, 0.25) is 0 Å². The molecule has 2 aromatic rings. The van der Waals surface area contributed by atoms with Crippen LogP contribution in [0.25, 0.3) is 12.2 Å². The minimum absolute atomic E-state index is 1.20. The third-order valence-corrected chi connectivity index (χ3v) is 2.01. The first-order chi connectivity index (χ1) is 6.95. The van der Waals surface area contributed by atoms with Crippen molar-refractivity contribution in [3.05, 3.63) is 71.8 Å². The number of benzene rings is 2. The molecule has 0 fully saturated rings. The first-order valence-corrected chi connectivity index (χ1v) is 4.64. The molecule has 1 radical (unpaired) electrons. The zero-order valence-electron chi connectivity index (χ0n) is 7.85. The molecule has 0 aliphatic carbocycles. The molecular formula is C14H11. The maximum atomic E-state index is 3.00. The second-order valence-electron chi connectivity index (χ2n) is 3.08. The molecule has 67 valence electrons. The van der Waals surface area contributed by atoms with Crippen molar-refractivity contribution in [2.45, 2.75) is 0 Å². The second kappa shape index (κ2) is 4.43. The highest BCUT2D eigenvalue weighted by Gasteiger charge is 1.84. The van der Waals surface area contributed by atoms with Crippen LogP contribution in [0.15, 0.2) is 54.6 Å². The largest absolute Gasteiger partial charge is 0.0622 e. The number of hydrogen-bond acceptors (Lipinski definition) is 0. The van der Waals surface area contributed by atoms with Gasteiger partial charge in [0.15, 0.2) is 0 Å². The van der Waals surface area contributed by atoms with Crippen LogP contribution in [0.2, 0.25) is 0 Å². The lowest BCUT2D eigenvalue weighted by Gasteiger charge is -1.92. The molecule has 2 aromatic carbocycles. The van der Waals surface area contributed by atoms with E-state index in [4.69, 9.17) is 0 Å². The monoisotopic (exact) mass is 179 g/mol. The summed E-state index contributed by atoms with van der Waals surface area (Å²) in [6.45, 7) is 0. The molecule has 14 heavy (non-hydrogen) atoms. The van der Waals surface area contributed by atoms with Crippen LogP contribution in [0.3, 0.4) is 0 Å². The first-order valence-electron chi connectivity index (χ1n) is 4.64. The highest BCUT2D eigenvalue weighted by atomic mass is 13.9. The van der Waals surface area contributed by atoms with Crippen molar-refractivity contribution in [1.29, 1.82) is 0 Å². The summed E-state index contributed by atoms with van der Waals surface area (Å²) in [5, 5.41) is 0. The molecule has 0 atom stereocenters. The average molecular weight is 179 g/mol. The van der Waals surface area contributed by atoms with Gasteiger partial charge in [-0.25, -0.2) is 0 Å². The van der Waals surface area contributed by atoms with Gasteiger partial charge in [-0.2, -0.15) is 0 Å². The molecule has 0 aliphatic heterocycles. The Kier molecular flexibility index (Phi) is 2.77. The van der Waals surface area contributed by atoms with E-state index in [0.717, 1.165) is 0 Å². The van der Waals surface area contributed by atoms with E-state index in [1.165, 1.54) is 11.1 Å². The van der Waals surface area contributed by atoms with Gasteiger partial charge >= 0.3 is 0 Å². The van der Waals surface area contributed by atoms with Crippen LogP contribution in [0.4, 0.5) is 0 Å². The molecule has 0 spiro atoms. The van der Waals surface area contributed by atoms with Crippen LogP contribution in [0.1, 0.15) is 11.1 Å². The molecule has 0 aliphatic rings. The van der Waals surface area contributed by atoms with Crippen LogP contribution < -0.4 is 0 Å². The summed E-state index contributed by atoms with van der Waals surface area (Å²) < 4.78 is 0. The smallest absolute Gasteiger partial charge is 0.0184 e. The van der Waals surface area contributed by atoms with Gasteiger partial charge in [0.1, 0.15) is 0 Å². The third kappa shape index (κ3) is 2.33. The fraction of sp³-hybridized carbons (Fsp3) is 0. The summed E-state index contributed by atoms with van der Waals surface area (Å²) in [4.78, 5) is 0. The van der Waals surface area contributed by atoms with Crippen LogP contribution in [-0.2, 0) is 0 Å². The molecular weight excluding hydrogens is 168 g/mol. The van der Waals surface area contributed by atoms with E-state index in [9.17, 15) is 0 Å². The second-order valence-corrected chi connectivity index (χ2v) is 3.08. The molecule has 0 heteroatoms. The predicted octanol–water partition coefficient (Wildman–Crippen LogP) is 3.66. The minimum Gasteiger partial charge on any atom is -0.0622 e. The quantitative estimate of drug-likeness (QED) is 0.617. The molecule has 0 bridgehead atoms. The Morgan fingerprint density at radius 3 is 1.93 bits per heavy atom. The molecule has 0 amide bonds. The molecule has 0 N–H and O–H groups in total. The summed E-state index contributed by atoms with van der Waals surface area (Å²) >= 11 is 0. The maximum absolute atomic E-state index is 3.00. The Labute approximate surface area is 84.5 Å². The standard InChI is InChI=1S/C14H11/c1-3-7-13(8-4-1)11-12-14-9-5-2-6-10-14/h1,3-12H/b12-11-. The van der Waals surface area contributed by atoms with Crippen molar-refractivity contribution in [3.63, 3.8) is 0 Å². The van der Waals surface area contributed by atoms with E-state index >= 15 is 0 Å². The molecule has 0 saturated carbocycles. The Morgan fingerprint density at radius 2 is 1.29 bits per heavy atom. The molecule has 0 unspecified atom stereocenters. The van der Waals surface area contributed by atoms with Crippen molar-refractivity contribution >= 4 is 12.2 Å². The van der Waals surface area contributed by atoms with Crippen LogP contribution >= 0.6 is 0 Å². The van der Waals surface area contributed by atoms with Crippen molar-refractivity contribution in [2.75, 3.05) is 0 Å². The first kappa shape index (κ1) is 8.76. The van der Waals surface area contributed by atoms with Crippen LogP contribution in [0.5, 0.6) is 0 Å². The summed E-state index contributed by atoms with van der Waals surface area (Å²) in [6.07, 6.45) is 4.21. The summed E-state index contributed by atoms with van der Waals surface area (Å²) in [6, 6.07) is 21.2. The van der Waals surface area contributed by atoms with Gasteiger partial charge in [0.05, 0.1) is 0 Å². The van der Waals surface area contributed by atoms with E-state index in [1.807, 2.05) is 42.5 Å². The minimum atomic E-state index is 1.20. The van der Waals surface area contributed by atoms with Gasteiger partial charge in [0, 0.05) is 0 Å². The highest BCUT2D eigenvalue weighted by Crippen LogP contribution is 2.06. The van der Waals surface area contributed by atoms with Crippen molar-refractivity contribution in [2.24, 2.45) is 0 Å². The lowest BCUT2D eigenvalue weighted by atomic mass is 10.1. The topological polar surface area (TPSA) is 0 Å². The van der Waals surface area contributed by atoms with E-state index in [0.29, 0.717) is 0 Å². The number of rotatable bonds is 2. The van der Waals surface area contributed by atoms with Crippen molar-refractivity contribution in [3.8, 4) is 0 Å². The van der Waals surface area contributed by atoms with Crippen LogP contribution in [0, 0.1) is 6.07 Å². The Bertz CT molecular complexity index is 357. The molecule has 0 aromatic heterocycles. The normalized spacial score (nSPS) is 10.6. The van der Waals surface area contributed by atoms with Crippen LogP contribution in [-0.4, -0.2) is 0 Å². The molecule has 0 heterocycles. The van der Waals surface area contributed by atoms with E-state index < -0.39 is 0 Å². The lowest BCUT2D eigenvalue weighted by Crippen LogP contribution is -1.70. The van der Waals surface area contributed by atoms with Crippen molar-refractivity contribution in [1.82, 2.24) is 0 Å². The van der Waals surface area contributed by atoms with Gasteiger partial charge < -0.3 is 0 Å². The van der Waals surface area contributed by atoms with E-state index in [1.54, 1.807) is 0 Å². The van der Waals surface area contributed by atoms with Gasteiger partial charge in [-0.1, -0.05) is 66.7 Å². The maximum Gasteiger partial charge on any atom is -0.0184 e. The van der Waals surface area contributed by atoms with E-state index in [-0.39, 0.29) is 0 Å². The fourth-order valence-corrected chi connectivity index (χ4v) is 1.27. The fourth-order valence-electron chi connectivity index (χ4n) is 1.27. The average Bonchev–Trinajstić information content (AvgIpc) is 2.29. The molecule has 0 nitrogen and oxygen atoms in total. The van der Waals surface area contributed by atoms with Gasteiger partial charge in [0.25, 0.3) is 0 Å². The Balaban J connectivity index is 2.16. The molecule has 0 saturated heterocycles. The zero-order chi connectivity index (χ0) is 9.64. The summed E-state index contributed by atoms with van der Waals surface area (Å²) in [7, 11) is 0.